The minimum atomic E-state index is -0.723. The third-order valence-corrected chi connectivity index (χ3v) is 3.92. The molecule has 6 heteroatoms. The molecular weight excluding hydrogens is 354 g/mol. The Hall–Kier alpha value is -3.02. The Morgan fingerprint density at radius 2 is 1.96 bits per heavy atom. The first kappa shape index (κ1) is 23.0. The average Bonchev–Trinajstić information content (AvgIpc) is 2.66. The molecule has 0 unspecified atom stereocenters. The summed E-state index contributed by atoms with van der Waals surface area (Å²) in [6, 6.07) is 8.80. The van der Waals surface area contributed by atoms with Gasteiger partial charge in [-0.3, -0.25) is 4.79 Å². The van der Waals surface area contributed by atoms with E-state index in [2.05, 4.69) is 31.1 Å². The summed E-state index contributed by atoms with van der Waals surface area (Å²) in [5.74, 6) is 0.252. The van der Waals surface area contributed by atoms with Crippen LogP contribution >= 0.6 is 0 Å². The molecule has 1 aromatic carbocycles. The molecule has 0 bridgehead atoms. The average molecular weight is 386 g/mol. The molecule has 1 rings (SSSR count). The lowest BCUT2D eigenvalue weighted by atomic mass is 10.1. The Kier molecular flexibility index (Phi) is 10.8. The molecule has 0 radical (unpaired) electrons. The predicted molar refractivity (Wildman–Crippen MR) is 112 cm³/mol. The smallest absolute Gasteiger partial charge is 0.408 e. The van der Waals surface area contributed by atoms with Crippen LogP contribution in [-0.4, -0.2) is 31.2 Å². The second kappa shape index (κ2) is 13.2. The third-order valence-electron chi connectivity index (χ3n) is 3.92. The van der Waals surface area contributed by atoms with Gasteiger partial charge in [-0.15, -0.1) is 0 Å². The summed E-state index contributed by atoms with van der Waals surface area (Å²) in [6.07, 6.45) is 6.83. The van der Waals surface area contributed by atoms with Crippen LogP contribution in [0.25, 0.3) is 0 Å². The van der Waals surface area contributed by atoms with Gasteiger partial charge in [0.1, 0.15) is 12.6 Å². The molecule has 1 atom stereocenters. The molecule has 4 N–H and O–H groups in total. The van der Waals surface area contributed by atoms with E-state index in [1.807, 2.05) is 30.3 Å². The molecule has 0 aliphatic carbocycles. The molecule has 0 aromatic heterocycles. The van der Waals surface area contributed by atoms with Crippen molar-refractivity contribution in [3.8, 4) is 0 Å². The van der Waals surface area contributed by atoms with Crippen molar-refractivity contribution in [1.29, 1.82) is 0 Å². The van der Waals surface area contributed by atoms with Crippen LogP contribution in [0.15, 0.2) is 66.9 Å². The Bertz CT molecular complexity index is 682. The van der Waals surface area contributed by atoms with E-state index < -0.39 is 12.1 Å². The summed E-state index contributed by atoms with van der Waals surface area (Å²) in [5, 5.41) is 5.55. The van der Waals surface area contributed by atoms with Gasteiger partial charge in [0.2, 0.25) is 5.91 Å². The summed E-state index contributed by atoms with van der Waals surface area (Å²) in [7, 11) is 0. The second-order valence-electron chi connectivity index (χ2n) is 6.77. The first-order chi connectivity index (χ1) is 13.5. The summed E-state index contributed by atoms with van der Waals surface area (Å²) < 4.78 is 5.22. The number of ether oxygens (including phenoxy) is 1. The minimum Gasteiger partial charge on any atom is -0.445 e. The van der Waals surface area contributed by atoms with Gasteiger partial charge in [-0.25, -0.2) is 4.79 Å². The highest BCUT2D eigenvalue weighted by Gasteiger charge is 2.21. The number of hydrogen-bond acceptors (Lipinski definition) is 4. The number of nitrogens with two attached hydrogens (primary N) is 1. The van der Waals surface area contributed by atoms with Crippen LogP contribution in [0.5, 0.6) is 0 Å². The van der Waals surface area contributed by atoms with Crippen molar-refractivity contribution >= 4 is 12.0 Å². The van der Waals surface area contributed by atoms with Crippen molar-refractivity contribution in [3.05, 3.63) is 72.5 Å². The number of nitrogens with one attached hydrogen (secondary N) is 2. The van der Waals surface area contributed by atoms with Gasteiger partial charge in [0, 0.05) is 13.0 Å². The van der Waals surface area contributed by atoms with Crippen molar-refractivity contribution in [2.75, 3.05) is 13.2 Å². The summed E-state index contributed by atoms with van der Waals surface area (Å²) in [5.41, 5.74) is 7.01. The van der Waals surface area contributed by atoms with Gasteiger partial charge in [0.15, 0.2) is 0 Å². The lowest BCUT2D eigenvalue weighted by molar-refractivity contribution is -0.123. The summed E-state index contributed by atoms with van der Waals surface area (Å²) in [4.78, 5) is 24.8. The molecular formula is C22H31N3O3. The molecule has 1 aromatic rings. The van der Waals surface area contributed by atoms with Crippen molar-refractivity contribution < 1.29 is 14.3 Å². The van der Waals surface area contributed by atoms with E-state index in [0.29, 0.717) is 24.5 Å². The normalized spacial score (nSPS) is 12.6. The monoisotopic (exact) mass is 385 g/mol. The van der Waals surface area contributed by atoms with Crippen molar-refractivity contribution in [2.45, 2.75) is 32.7 Å². The molecule has 0 saturated carbocycles. The number of rotatable bonds is 11. The van der Waals surface area contributed by atoms with Gasteiger partial charge in [-0.1, -0.05) is 62.9 Å². The molecule has 28 heavy (non-hydrogen) atoms. The minimum absolute atomic E-state index is 0.0264. The zero-order valence-corrected chi connectivity index (χ0v) is 16.7. The number of benzene rings is 1. The van der Waals surface area contributed by atoms with E-state index in [4.69, 9.17) is 10.5 Å². The molecule has 152 valence electrons. The second-order valence-corrected chi connectivity index (χ2v) is 6.77. The van der Waals surface area contributed by atoms with Crippen molar-refractivity contribution in [2.24, 2.45) is 11.7 Å². The molecule has 0 saturated heterocycles. The fourth-order valence-electron chi connectivity index (χ4n) is 2.43. The van der Waals surface area contributed by atoms with E-state index in [-0.39, 0.29) is 12.5 Å². The fourth-order valence-corrected chi connectivity index (χ4v) is 2.43. The number of allylic oxidation sites excluding steroid dienone is 2. The van der Waals surface area contributed by atoms with E-state index >= 15 is 0 Å². The van der Waals surface area contributed by atoms with E-state index in [9.17, 15) is 9.59 Å². The Balaban J connectivity index is 2.72. The first-order valence-electron chi connectivity index (χ1n) is 9.41. The first-order valence-corrected chi connectivity index (χ1v) is 9.41. The maximum Gasteiger partial charge on any atom is 0.408 e. The van der Waals surface area contributed by atoms with Gasteiger partial charge in [-0.05, 0) is 35.8 Å². The zero-order chi connectivity index (χ0) is 20.8. The van der Waals surface area contributed by atoms with Crippen LogP contribution in [0.1, 0.15) is 25.8 Å². The standard InChI is InChI=1S/C22H31N3O3/c1-4-8-19(11-13-23)16-28-22(27)25-20(15-18-9-6-5-7-10-18)21(26)24-14-12-17(2)3/h4-11,13,17,20H,1,12,14-16,23H2,2-3H3,(H,24,26)(H,25,27)/b13-11-,19-8+/t20-/m0/s1. The highest BCUT2D eigenvalue weighted by atomic mass is 16.5. The number of carbonyl (C=O) groups excluding carboxylic acids is 2. The Labute approximate surface area is 167 Å². The molecule has 0 fully saturated rings. The summed E-state index contributed by atoms with van der Waals surface area (Å²) in [6.45, 7) is 8.38. The van der Waals surface area contributed by atoms with Crippen LogP contribution < -0.4 is 16.4 Å². The highest BCUT2D eigenvalue weighted by molar-refractivity contribution is 5.85. The largest absolute Gasteiger partial charge is 0.445 e. The predicted octanol–water partition coefficient (Wildman–Crippen LogP) is 3.07. The Morgan fingerprint density at radius 1 is 1.25 bits per heavy atom. The van der Waals surface area contributed by atoms with Crippen LogP contribution in [0.3, 0.4) is 0 Å². The third kappa shape index (κ3) is 9.62. The topological polar surface area (TPSA) is 93.4 Å². The molecule has 0 aliphatic heterocycles. The maximum absolute atomic E-state index is 12.6. The van der Waals surface area contributed by atoms with Crippen LogP contribution in [0.2, 0.25) is 0 Å². The number of hydrogen-bond donors (Lipinski definition) is 3. The molecule has 0 spiro atoms. The van der Waals surface area contributed by atoms with E-state index in [0.717, 1.165) is 12.0 Å². The van der Waals surface area contributed by atoms with Crippen molar-refractivity contribution in [1.82, 2.24) is 10.6 Å². The number of alkyl carbamates (subject to hydrolysis) is 1. The molecule has 0 aliphatic rings. The maximum atomic E-state index is 12.6. The quantitative estimate of drug-likeness (QED) is 0.510. The van der Waals surface area contributed by atoms with Crippen LogP contribution in [0, 0.1) is 5.92 Å². The summed E-state index contributed by atoms with van der Waals surface area (Å²) >= 11 is 0. The zero-order valence-electron chi connectivity index (χ0n) is 16.7. The number of amides is 2. The molecule has 2 amide bonds. The highest BCUT2D eigenvalue weighted by Crippen LogP contribution is 2.05. The molecule has 6 nitrogen and oxygen atoms in total. The van der Waals surface area contributed by atoms with Gasteiger partial charge in [0.25, 0.3) is 0 Å². The van der Waals surface area contributed by atoms with Gasteiger partial charge in [0.05, 0.1) is 0 Å². The van der Waals surface area contributed by atoms with E-state index in [1.54, 1.807) is 18.2 Å². The SMILES string of the molecule is C=C/C=C(\C=C/N)COC(=O)N[C@@H](Cc1ccccc1)C(=O)NCCC(C)C. The lowest BCUT2D eigenvalue weighted by Crippen LogP contribution is -2.48. The van der Waals surface area contributed by atoms with Gasteiger partial charge >= 0.3 is 6.09 Å². The van der Waals surface area contributed by atoms with Crippen LogP contribution in [-0.2, 0) is 16.0 Å². The van der Waals surface area contributed by atoms with Gasteiger partial charge < -0.3 is 21.1 Å². The Morgan fingerprint density at radius 3 is 2.57 bits per heavy atom. The number of carbonyl (C=O) groups is 2. The van der Waals surface area contributed by atoms with Crippen molar-refractivity contribution in [3.63, 3.8) is 0 Å². The van der Waals surface area contributed by atoms with E-state index in [1.165, 1.54) is 6.20 Å². The van der Waals surface area contributed by atoms with Crippen LogP contribution in [0.4, 0.5) is 4.79 Å². The molecule has 0 heterocycles. The van der Waals surface area contributed by atoms with Gasteiger partial charge in [-0.2, -0.15) is 0 Å². The lowest BCUT2D eigenvalue weighted by Gasteiger charge is -2.19. The fraction of sp³-hybridized carbons (Fsp3) is 0.364.